The summed E-state index contributed by atoms with van der Waals surface area (Å²) in [5.41, 5.74) is 1.03. The maximum absolute atomic E-state index is 12.8. The fourth-order valence-corrected chi connectivity index (χ4v) is 6.20. The van der Waals surface area contributed by atoms with Crippen molar-refractivity contribution in [2.24, 2.45) is 0 Å². The first-order valence-electron chi connectivity index (χ1n) is 10.6. The van der Waals surface area contributed by atoms with Gasteiger partial charge in [-0.3, -0.25) is 4.79 Å². The van der Waals surface area contributed by atoms with E-state index >= 15 is 0 Å². The van der Waals surface area contributed by atoms with Crippen LogP contribution in [0.4, 0.5) is 5.69 Å². The molecule has 186 valence electrons. The Kier molecular flexibility index (Phi) is 7.98. The molecule has 10 nitrogen and oxygen atoms in total. The molecule has 0 atom stereocenters. The first kappa shape index (κ1) is 26.1. The van der Waals surface area contributed by atoms with E-state index in [0.717, 1.165) is 4.31 Å². The number of piperazine rings is 1. The highest BCUT2D eigenvalue weighted by Crippen LogP contribution is 2.23. The van der Waals surface area contributed by atoms with Crippen LogP contribution in [0.3, 0.4) is 0 Å². The average Bonchev–Trinajstić information content (AvgIpc) is 2.79. The smallest absolute Gasteiger partial charge is 0.243 e. The second-order valence-corrected chi connectivity index (χ2v) is 12.2. The number of benzene rings is 2. The van der Waals surface area contributed by atoms with Gasteiger partial charge in [-0.15, -0.1) is 0 Å². The van der Waals surface area contributed by atoms with Crippen LogP contribution in [0.2, 0.25) is 0 Å². The maximum atomic E-state index is 12.8. The fraction of sp³-hybridized carbons (Fsp3) is 0.409. The van der Waals surface area contributed by atoms with E-state index in [-0.39, 0.29) is 9.79 Å². The Morgan fingerprint density at radius 1 is 1.00 bits per heavy atom. The van der Waals surface area contributed by atoms with Gasteiger partial charge in [0.05, 0.1) is 23.4 Å². The molecule has 0 spiro atoms. The molecule has 1 heterocycles. The molecule has 0 bridgehead atoms. The third kappa shape index (κ3) is 5.76. The van der Waals surface area contributed by atoms with Crippen LogP contribution < -0.4 is 10.1 Å². The van der Waals surface area contributed by atoms with Gasteiger partial charge in [0.15, 0.2) is 0 Å². The molecule has 0 aromatic heterocycles. The van der Waals surface area contributed by atoms with Crippen molar-refractivity contribution in [2.75, 3.05) is 59.2 Å². The van der Waals surface area contributed by atoms with Crippen molar-refractivity contribution >= 4 is 31.6 Å². The lowest BCUT2D eigenvalue weighted by Crippen LogP contribution is -2.46. The summed E-state index contributed by atoms with van der Waals surface area (Å²) in [5, 5.41) is 2.61. The molecule has 1 saturated heterocycles. The molecule has 34 heavy (non-hydrogen) atoms. The van der Waals surface area contributed by atoms with E-state index in [9.17, 15) is 21.6 Å². The number of carbonyl (C=O) groups excluding carboxylic acids is 1. The molecule has 0 aliphatic carbocycles. The molecule has 1 aliphatic heterocycles. The number of likely N-dealkylation sites (N-methyl/N-ethyl adjacent to an activating group) is 2. The lowest BCUT2D eigenvalue weighted by atomic mass is 10.2. The van der Waals surface area contributed by atoms with E-state index in [0.29, 0.717) is 43.2 Å². The Morgan fingerprint density at radius 2 is 1.59 bits per heavy atom. The van der Waals surface area contributed by atoms with Crippen molar-refractivity contribution in [3.8, 4) is 5.75 Å². The number of hydrogen-bond donors (Lipinski definition) is 1. The quantitative estimate of drug-likeness (QED) is 0.567. The number of aryl methyl sites for hydroxylation is 1. The summed E-state index contributed by atoms with van der Waals surface area (Å²) >= 11 is 0. The molecule has 0 unspecified atom stereocenters. The van der Waals surface area contributed by atoms with Gasteiger partial charge in [-0.2, -0.15) is 8.61 Å². The molecular weight excluding hydrogens is 480 g/mol. The van der Waals surface area contributed by atoms with Crippen molar-refractivity contribution in [3.05, 3.63) is 48.0 Å². The average molecular weight is 511 g/mol. The zero-order chi connectivity index (χ0) is 25.1. The van der Waals surface area contributed by atoms with Crippen LogP contribution in [0.5, 0.6) is 5.75 Å². The Labute approximate surface area is 201 Å². The number of nitrogens with zero attached hydrogens (tertiary/aromatic N) is 3. The van der Waals surface area contributed by atoms with Crippen LogP contribution in [0.15, 0.2) is 52.3 Å². The predicted octanol–water partition coefficient (Wildman–Crippen LogP) is 1.20. The van der Waals surface area contributed by atoms with E-state index in [1.165, 1.54) is 54.9 Å². The highest BCUT2D eigenvalue weighted by atomic mass is 32.2. The maximum Gasteiger partial charge on any atom is 0.243 e. The van der Waals surface area contributed by atoms with Crippen molar-refractivity contribution in [1.29, 1.82) is 0 Å². The summed E-state index contributed by atoms with van der Waals surface area (Å²) in [7, 11) is -2.73. The van der Waals surface area contributed by atoms with Gasteiger partial charge in [0, 0.05) is 38.9 Å². The molecule has 0 radical (unpaired) electrons. The van der Waals surface area contributed by atoms with Gasteiger partial charge in [0.25, 0.3) is 0 Å². The molecule has 12 heteroatoms. The molecule has 0 saturated carbocycles. The van der Waals surface area contributed by atoms with E-state index < -0.39 is 32.5 Å². The van der Waals surface area contributed by atoms with Gasteiger partial charge in [-0.05, 0) is 62.0 Å². The summed E-state index contributed by atoms with van der Waals surface area (Å²) in [6.45, 7) is 3.50. The molecule has 1 amide bonds. The normalized spacial score (nSPS) is 15.9. The van der Waals surface area contributed by atoms with Gasteiger partial charge >= 0.3 is 0 Å². The van der Waals surface area contributed by atoms with Gasteiger partial charge in [0.2, 0.25) is 26.0 Å². The van der Waals surface area contributed by atoms with Gasteiger partial charge in [-0.1, -0.05) is 0 Å². The fourth-order valence-electron chi connectivity index (χ4n) is 3.57. The molecule has 1 aliphatic rings. The zero-order valence-electron chi connectivity index (χ0n) is 19.7. The standard InChI is InChI=1S/C22H30N4O6S2/c1-17-15-20(9-10-21(17)32-4)33(28,29)25(3)16-22(27)23-18-5-7-19(8-6-18)34(30,31)26-13-11-24(2)12-14-26/h5-10,15H,11-14,16H2,1-4H3,(H,23,27). The van der Waals surface area contributed by atoms with Crippen molar-refractivity contribution in [1.82, 2.24) is 13.5 Å². The topological polar surface area (TPSA) is 116 Å². The largest absolute Gasteiger partial charge is 0.496 e. The first-order chi connectivity index (χ1) is 15.9. The molecule has 3 rings (SSSR count). The van der Waals surface area contributed by atoms with Crippen LogP contribution >= 0.6 is 0 Å². The minimum absolute atomic E-state index is 0.0552. The molecule has 1 N–H and O–H groups in total. The highest BCUT2D eigenvalue weighted by Gasteiger charge is 2.27. The lowest BCUT2D eigenvalue weighted by molar-refractivity contribution is -0.116. The van der Waals surface area contributed by atoms with E-state index in [4.69, 9.17) is 4.74 Å². The van der Waals surface area contributed by atoms with Gasteiger partial charge in [-0.25, -0.2) is 16.8 Å². The Morgan fingerprint density at radius 3 is 2.15 bits per heavy atom. The Bertz CT molecular complexity index is 1240. The predicted molar refractivity (Wildman–Crippen MR) is 129 cm³/mol. The number of carbonyl (C=O) groups is 1. The monoisotopic (exact) mass is 510 g/mol. The molecule has 2 aromatic carbocycles. The molecule has 1 fully saturated rings. The number of sulfonamides is 2. The summed E-state index contributed by atoms with van der Waals surface area (Å²) in [6.07, 6.45) is 0. The van der Waals surface area contributed by atoms with E-state index in [1.807, 2.05) is 7.05 Å². The second kappa shape index (κ2) is 10.4. The number of anilines is 1. The van der Waals surface area contributed by atoms with E-state index in [2.05, 4.69) is 10.2 Å². The third-order valence-corrected chi connectivity index (χ3v) is 9.39. The van der Waals surface area contributed by atoms with Crippen molar-refractivity contribution in [3.63, 3.8) is 0 Å². The summed E-state index contributed by atoms with van der Waals surface area (Å²) in [4.78, 5) is 14.7. The van der Waals surface area contributed by atoms with Crippen molar-refractivity contribution < 1.29 is 26.4 Å². The number of hydrogen-bond acceptors (Lipinski definition) is 7. The highest BCUT2D eigenvalue weighted by molar-refractivity contribution is 7.89. The third-order valence-electron chi connectivity index (χ3n) is 5.68. The summed E-state index contributed by atoms with van der Waals surface area (Å²) in [5.74, 6) is 0.0170. The summed E-state index contributed by atoms with van der Waals surface area (Å²) in [6, 6.07) is 10.3. The van der Waals surface area contributed by atoms with Crippen LogP contribution in [-0.2, 0) is 24.8 Å². The van der Waals surface area contributed by atoms with E-state index in [1.54, 1.807) is 13.0 Å². The SMILES string of the molecule is COc1ccc(S(=O)(=O)N(C)CC(=O)Nc2ccc(S(=O)(=O)N3CCN(C)CC3)cc2)cc1C. The minimum atomic E-state index is -3.89. The van der Waals surface area contributed by atoms with Crippen LogP contribution in [0.25, 0.3) is 0 Å². The number of nitrogens with one attached hydrogen (secondary N) is 1. The number of amides is 1. The number of ether oxygens (including phenoxy) is 1. The van der Waals surface area contributed by atoms with Crippen molar-refractivity contribution in [2.45, 2.75) is 16.7 Å². The molecule has 2 aromatic rings. The van der Waals surface area contributed by atoms with Crippen LogP contribution in [0.1, 0.15) is 5.56 Å². The first-order valence-corrected chi connectivity index (χ1v) is 13.5. The van der Waals surface area contributed by atoms with Gasteiger partial charge in [0.1, 0.15) is 5.75 Å². The number of rotatable bonds is 8. The van der Waals surface area contributed by atoms with Crippen LogP contribution in [0, 0.1) is 6.92 Å². The lowest BCUT2D eigenvalue weighted by Gasteiger charge is -2.31. The second-order valence-electron chi connectivity index (χ2n) is 8.17. The van der Waals surface area contributed by atoms with Crippen LogP contribution in [-0.4, -0.2) is 90.2 Å². The minimum Gasteiger partial charge on any atom is -0.496 e. The Balaban J connectivity index is 1.64. The van der Waals surface area contributed by atoms with Gasteiger partial charge < -0.3 is 15.0 Å². The number of methoxy groups -OCH3 is 1. The Hall–Kier alpha value is -2.51. The zero-order valence-corrected chi connectivity index (χ0v) is 21.3. The summed E-state index contributed by atoms with van der Waals surface area (Å²) < 4.78 is 58.9. The molecular formula is C22H30N4O6S2.